The summed E-state index contributed by atoms with van der Waals surface area (Å²) in [5.74, 6) is 0. The first kappa shape index (κ1) is 10.3. The average molecular weight is 224 g/mol. The van der Waals surface area contributed by atoms with E-state index in [4.69, 9.17) is 4.98 Å². The van der Waals surface area contributed by atoms with Crippen LogP contribution in [0.1, 0.15) is 26.5 Å². The maximum atomic E-state index is 4.80. The molecule has 0 aliphatic rings. The molecule has 0 aliphatic heterocycles. The van der Waals surface area contributed by atoms with Gasteiger partial charge in [0.25, 0.3) is 0 Å². The lowest BCUT2D eigenvalue weighted by atomic mass is 9.89. The lowest BCUT2D eigenvalue weighted by Crippen LogP contribution is -2.15. The molecule has 2 heteroatoms. The van der Waals surface area contributed by atoms with Gasteiger partial charge in [-0.1, -0.05) is 39.0 Å². The molecule has 0 fully saturated rings. The van der Waals surface area contributed by atoms with E-state index in [1.807, 2.05) is 6.07 Å². The summed E-state index contributed by atoms with van der Waals surface area (Å²) in [6.07, 6.45) is 2.07. The van der Waals surface area contributed by atoms with Gasteiger partial charge in [0, 0.05) is 17.0 Å². The monoisotopic (exact) mass is 224 g/mol. The molecule has 0 atom stereocenters. The van der Waals surface area contributed by atoms with Crippen LogP contribution >= 0.6 is 0 Å². The highest BCUT2D eigenvalue weighted by Gasteiger charge is 2.19. The van der Waals surface area contributed by atoms with Crippen LogP contribution < -0.4 is 0 Å². The van der Waals surface area contributed by atoms with E-state index in [1.54, 1.807) is 0 Å². The van der Waals surface area contributed by atoms with Gasteiger partial charge in [0.1, 0.15) is 5.65 Å². The van der Waals surface area contributed by atoms with Crippen LogP contribution in [0.25, 0.3) is 16.6 Å². The van der Waals surface area contributed by atoms with Gasteiger partial charge in [-0.3, -0.25) is 0 Å². The van der Waals surface area contributed by atoms with Crippen LogP contribution in [0.5, 0.6) is 0 Å². The van der Waals surface area contributed by atoms with E-state index in [0.29, 0.717) is 0 Å². The third kappa shape index (κ3) is 1.52. The van der Waals surface area contributed by atoms with E-state index < -0.39 is 0 Å². The number of rotatable bonds is 0. The fourth-order valence-electron chi connectivity index (χ4n) is 2.30. The van der Waals surface area contributed by atoms with Crippen molar-refractivity contribution >= 4 is 16.6 Å². The molecule has 0 aliphatic carbocycles. The van der Waals surface area contributed by atoms with E-state index in [1.165, 1.54) is 16.6 Å². The molecule has 2 aromatic heterocycles. The van der Waals surface area contributed by atoms with E-state index in [0.717, 1.165) is 5.65 Å². The van der Waals surface area contributed by atoms with Crippen LogP contribution in [-0.2, 0) is 5.41 Å². The molecule has 0 saturated carbocycles. The first-order chi connectivity index (χ1) is 8.07. The second-order valence-electron chi connectivity index (χ2n) is 5.46. The molecular formula is C15H16N2. The Morgan fingerprint density at radius 1 is 1.00 bits per heavy atom. The lowest BCUT2D eigenvalue weighted by Gasteiger charge is -2.20. The van der Waals surface area contributed by atoms with E-state index in [-0.39, 0.29) is 5.41 Å². The summed E-state index contributed by atoms with van der Waals surface area (Å²) >= 11 is 0. The van der Waals surface area contributed by atoms with Crippen LogP contribution in [0, 0.1) is 0 Å². The van der Waals surface area contributed by atoms with Gasteiger partial charge >= 0.3 is 0 Å². The minimum absolute atomic E-state index is 0.0611. The third-order valence-electron chi connectivity index (χ3n) is 3.08. The van der Waals surface area contributed by atoms with E-state index in [9.17, 15) is 0 Å². The van der Waals surface area contributed by atoms with Crippen molar-refractivity contribution in [1.29, 1.82) is 0 Å². The Morgan fingerprint density at radius 2 is 1.76 bits per heavy atom. The van der Waals surface area contributed by atoms with Gasteiger partial charge in [-0.05, 0) is 18.2 Å². The molecular weight excluding hydrogens is 208 g/mol. The molecule has 86 valence electrons. The molecule has 0 bridgehead atoms. The highest BCUT2D eigenvalue weighted by Crippen LogP contribution is 2.29. The number of hydrogen-bond acceptors (Lipinski definition) is 1. The fraction of sp³-hybridized carbons (Fsp3) is 0.267. The SMILES string of the molecule is CC(C)(C)c1nc2cccn2c2ccccc12. The van der Waals surface area contributed by atoms with Crippen molar-refractivity contribution < 1.29 is 0 Å². The molecule has 3 aromatic rings. The minimum Gasteiger partial charge on any atom is -0.301 e. The lowest BCUT2D eigenvalue weighted by molar-refractivity contribution is 0.576. The Bertz CT molecular complexity index is 687. The van der Waals surface area contributed by atoms with Gasteiger partial charge in [-0.15, -0.1) is 0 Å². The van der Waals surface area contributed by atoms with E-state index >= 15 is 0 Å². The number of hydrogen-bond donors (Lipinski definition) is 0. The molecule has 3 rings (SSSR count). The van der Waals surface area contributed by atoms with Crippen molar-refractivity contribution in [2.45, 2.75) is 26.2 Å². The van der Waals surface area contributed by atoms with Crippen molar-refractivity contribution in [3.8, 4) is 0 Å². The topological polar surface area (TPSA) is 17.3 Å². The van der Waals surface area contributed by atoms with Gasteiger partial charge in [0.2, 0.25) is 0 Å². The van der Waals surface area contributed by atoms with Crippen LogP contribution in [0.4, 0.5) is 0 Å². The second-order valence-corrected chi connectivity index (χ2v) is 5.46. The molecule has 0 saturated heterocycles. The number of benzene rings is 1. The van der Waals surface area contributed by atoms with Gasteiger partial charge in [-0.2, -0.15) is 0 Å². The van der Waals surface area contributed by atoms with Gasteiger partial charge in [0.15, 0.2) is 0 Å². The zero-order chi connectivity index (χ0) is 12.0. The number of nitrogens with zero attached hydrogens (tertiary/aromatic N) is 2. The summed E-state index contributed by atoms with van der Waals surface area (Å²) in [6.45, 7) is 6.63. The summed E-state index contributed by atoms with van der Waals surface area (Å²) in [4.78, 5) is 4.80. The normalized spacial score (nSPS) is 12.4. The molecule has 0 N–H and O–H groups in total. The van der Waals surface area contributed by atoms with Crippen LogP contribution in [-0.4, -0.2) is 9.38 Å². The molecule has 0 radical (unpaired) electrons. The Kier molecular flexibility index (Phi) is 2.02. The third-order valence-corrected chi connectivity index (χ3v) is 3.08. The number of fused-ring (bicyclic) bond motifs is 3. The van der Waals surface area contributed by atoms with Gasteiger partial charge in [0.05, 0.1) is 11.2 Å². The summed E-state index contributed by atoms with van der Waals surface area (Å²) in [5.41, 5.74) is 3.48. The largest absolute Gasteiger partial charge is 0.301 e. The zero-order valence-electron chi connectivity index (χ0n) is 10.4. The van der Waals surface area contributed by atoms with Crippen molar-refractivity contribution in [2.24, 2.45) is 0 Å². The quantitative estimate of drug-likeness (QED) is 0.568. The molecule has 1 aromatic carbocycles. The van der Waals surface area contributed by atoms with Crippen LogP contribution in [0.3, 0.4) is 0 Å². The molecule has 0 spiro atoms. The Balaban J connectivity index is 2.54. The smallest absolute Gasteiger partial charge is 0.137 e. The predicted molar refractivity (Wildman–Crippen MR) is 71.4 cm³/mol. The summed E-state index contributed by atoms with van der Waals surface area (Å²) in [6, 6.07) is 12.6. The molecule has 2 heterocycles. The number of para-hydroxylation sites is 1. The Morgan fingerprint density at radius 3 is 2.53 bits per heavy atom. The summed E-state index contributed by atoms with van der Waals surface area (Å²) in [7, 11) is 0. The number of aromatic nitrogens is 2. The maximum Gasteiger partial charge on any atom is 0.137 e. The van der Waals surface area contributed by atoms with Crippen LogP contribution in [0.2, 0.25) is 0 Å². The van der Waals surface area contributed by atoms with Crippen molar-refractivity contribution in [1.82, 2.24) is 9.38 Å². The van der Waals surface area contributed by atoms with Crippen molar-refractivity contribution in [3.63, 3.8) is 0 Å². The fourth-order valence-corrected chi connectivity index (χ4v) is 2.30. The van der Waals surface area contributed by atoms with Crippen molar-refractivity contribution in [2.75, 3.05) is 0 Å². The Hall–Kier alpha value is -1.83. The Labute approximate surface area is 101 Å². The predicted octanol–water partition coefficient (Wildman–Crippen LogP) is 3.79. The summed E-state index contributed by atoms with van der Waals surface area (Å²) in [5, 5.41) is 1.24. The summed E-state index contributed by atoms with van der Waals surface area (Å²) < 4.78 is 2.14. The molecule has 2 nitrogen and oxygen atoms in total. The molecule has 0 unspecified atom stereocenters. The maximum absolute atomic E-state index is 4.80. The van der Waals surface area contributed by atoms with Gasteiger partial charge < -0.3 is 4.40 Å². The average Bonchev–Trinajstić information content (AvgIpc) is 2.74. The van der Waals surface area contributed by atoms with Crippen molar-refractivity contribution in [3.05, 3.63) is 48.3 Å². The highest BCUT2D eigenvalue weighted by molar-refractivity contribution is 5.84. The first-order valence-electron chi connectivity index (χ1n) is 5.94. The second kappa shape index (κ2) is 3.33. The van der Waals surface area contributed by atoms with E-state index in [2.05, 4.69) is 61.7 Å². The zero-order valence-corrected chi connectivity index (χ0v) is 10.4. The molecule has 0 amide bonds. The van der Waals surface area contributed by atoms with Crippen LogP contribution in [0.15, 0.2) is 42.6 Å². The molecule has 17 heavy (non-hydrogen) atoms. The van der Waals surface area contributed by atoms with Gasteiger partial charge in [-0.25, -0.2) is 4.98 Å². The minimum atomic E-state index is 0.0611. The first-order valence-corrected chi connectivity index (χ1v) is 5.94. The standard InChI is InChI=1S/C15H16N2/c1-15(2,3)14-11-7-4-5-8-12(11)17-10-6-9-13(17)16-14/h4-10H,1-3H3. The highest BCUT2D eigenvalue weighted by atomic mass is 15.0.